The number of hydrogen-bond donors (Lipinski definition) is 1. The summed E-state index contributed by atoms with van der Waals surface area (Å²) in [5.41, 5.74) is 1.43. The molecule has 0 saturated carbocycles. The molecule has 1 N–H and O–H groups in total. The van der Waals surface area contributed by atoms with E-state index in [2.05, 4.69) is 36.6 Å². The molecule has 0 saturated heterocycles. The Labute approximate surface area is 137 Å². The monoisotopic (exact) mass is 382 g/mol. The van der Waals surface area contributed by atoms with Crippen LogP contribution in [0.25, 0.3) is 11.4 Å². The zero-order valence-corrected chi connectivity index (χ0v) is 13.2. The minimum absolute atomic E-state index is 0.334. The van der Waals surface area contributed by atoms with Gasteiger partial charge < -0.3 is 0 Å². The molecule has 0 amide bonds. The summed E-state index contributed by atoms with van der Waals surface area (Å²) < 4.78 is 39.3. The lowest BCUT2D eigenvalue weighted by molar-refractivity contribution is -0.137. The van der Waals surface area contributed by atoms with E-state index in [4.69, 9.17) is 0 Å². The van der Waals surface area contributed by atoms with E-state index in [1.165, 1.54) is 6.07 Å². The molecule has 3 aromatic rings. The first-order valence-corrected chi connectivity index (χ1v) is 7.41. The number of halogens is 4. The summed E-state index contributed by atoms with van der Waals surface area (Å²) in [7, 11) is 0. The van der Waals surface area contributed by atoms with Crippen LogP contribution < -0.4 is 0 Å². The first kappa shape index (κ1) is 15.7. The highest BCUT2D eigenvalue weighted by Crippen LogP contribution is 2.31. The van der Waals surface area contributed by atoms with Crippen molar-refractivity contribution < 1.29 is 13.2 Å². The molecule has 0 bridgehead atoms. The smallest absolute Gasteiger partial charge is 0.177 e. The number of benzene rings is 2. The summed E-state index contributed by atoms with van der Waals surface area (Å²) in [4.78, 5) is 0. The Morgan fingerprint density at radius 1 is 1.09 bits per heavy atom. The van der Waals surface area contributed by atoms with Gasteiger partial charge in [-0.05, 0) is 41.0 Å². The molecule has 1 aromatic heterocycles. The average molecular weight is 383 g/mol. The third kappa shape index (κ3) is 3.58. The van der Waals surface area contributed by atoms with Crippen LogP contribution in [-0.4, -0.2) is 20.6 Å². The van der Waals surface area contributed by atoms with Gasteiger partial charge in [-0.1, -0.05) is 40.2 Å². The van der Waals surface area contributed by atoms with Gasteiger partial charge in [0.2, 0.25) is 5.82 Å². The van der Waals surface area contributed by atoms with Gasteiger partial charge in [-0.2, -0.15) is 18.4 Å². The maximum atomic E-state index is 12.8. The second-order valence-corrected chi connectivity index (χ2v) is 5.83. The van der Waals surface area contributed by atoms with Crippen LogP contribution in [0.3, 0.4) is 0 Å². The van der Waals surface area contributed by atoms with E-state index >= 15 is 0 Å². The van der Waals surface area contributed by atoms with Crippen molar-refractivity contribution in [3.63, 3.8) is 0 Å². The van der Waals surface area contributed by atoms with Crippen LogP contribution in [-0.2, 0) is 12.6 Å². The van der Waals surface area contributed by atoms with Gasteiger partial charge in [-0.25, -0.2) is 0 Å². The van der Waals surface area contributed by atoms with Crippen LogP contribution in [0.5, 0.6) is 0 Å². The van der Waals surface area contributed by atoms with Crippen molar-refractivity contribution in [3.8, 4) is 11.4 Å². The van der Waals surface area contributed by atoms with Crippen LogP contribution >= 0.6 is 15.9 Å². The van der Waals surface area contributed by atoms with Crippen molar-refractivity contribution in [3.05, 3.63) is 63.6 Å². The molecule has 0 atom stereocenters. The van der Waals surface area contributed by atoms with E-state index in [1.54, 1.807) is 6.07 Å². The van der Waals surface area contributed by atoms with Gasteiger partial charge in [0.25, 0.3) is 0 Å². The van der Waals surface area contributed by atoms with E-state index in [0.717, 1.165) is 22.2 Å². The fourth-order valence-electron chi connectivity index (χ4n) is 2.26. The second kappa shape index (κ2) is 6.11. The molecule has 4 nitrogen and oxygen atoms in total. The van der Waals surface area contributed by atoms with E-state index in [9.17, 15) is 13.2 Å². The van der Waals surface area contributed by atoms with Crippen molar-refractivity contribution in [1.29, 1.82) is 0 Å². The van der Waals surface area contributed by atoms with Gasteiger partial charge in [0, 0.05) is 10.0 Å². The Balaban J connectivity index is 1.98. The molecular formula is C15H10BrF3N4. The number of H-pyrrole nitrogens is 1. The molecule has 0 aliphatic carbocycles. The lowest BCUT2D eigenvalue weighted by Gasteiger charge is -2.11. The van der Waals surface area contributed by atoms with Gasteiger partial charge in [-0.3, -0.25) is 0 Å². The fraction of sp³-hybridized carbons (Fsp3) is 0.133. The largest absolute Gasteiger partial charge is 0.416 e. The van der Waals surface area contributed by atoms with Crippen molar-refractivity contribution >= 4 is 15.9 Å². The predicted molar refractivity (Wildman–Crippen MR) is 81.6 cm³/mol. The third-order valence-corrected chi connectivity index (χ3v) is 3.80. The first-order chi connectivity index (χ1) is 10.9. The normalized spacial score (nSPS) is 11.7. The highest BCUT2D eigenvalue weighted by Gasteiger charge is 2.30. The predicted octanol–water partition coefficient (Wildman–Crippen LogP) is 4.24. The molecule has 8 heteroatoms. The van der Waals surface area contributed by atoms with Crippen molar-refractivity contribution in [2.75, 3.05) is 0 Å². The minimum Gasteiger partial charge on any atom is -0.177 e. The third-order valence-electron chi connectivity index (χ3n) is 3.31. The fourth-order valence-corrected chi connectivity index (χ4v) is 2.63. The van der Waals surface area contributed by atoms with Crippen molar-refractivity contribution in [2.24, 2.45) is 0 Å². The SMILES string of the molecule is FC(F)(F)c1cccc(Cc2ccc(Br)cc2-c2nn[nH]n2)c1. The van der Waals surface area contributed by atoms with E-state index in [1.807, 2.05) is 18.2 Å². The summed E-state index contributed by atoms with van der Waals surface area (Å²) in [5.74, 6) is 0.397. The molecule has 1 heterocycles. The highest BCUT2D eigenvalue weighted by atomic mass is 79.9. The Hall–Kier alpha value is -2.22. The number of aromatic nitrogens is 4. The zero-order chi connectivity index (χ0) is 16.4. The molecular weight excluding hydrogens is 373 g/mol. The summed E-state index contributed by atoms with van der Waals surface area (Å²) in [6, 6.07) is 10.8. The van der Waals surface area contributed by atoms with Crippen LogP contribution in [0, 0.1) is 0 Å². The number of tetrazole rings is 1. The lowest BCUT2D eigenvalue weighted by atomic mass is 9.98. The highest BCUT2D eigenvalue weighted by molar-refractivity contribution is 9.10. The van der Waals surface area contributed by atoms with Crippen molar-refractivity contribution in [2.45, 2.75) is 12.6 Å². The number of nitrogens with zero attached hydrogens (tertiary/aromatic N) is 3. The van der Waals surface area contributed by atoms with Gasteiger partial charge >= 0.3 is 6.18 Å². The molecule has 0 aliphatic heterocycles. The van der Waals surface area contributed by atoms with Crippen molar-refractivity contribution in [1.82, 2.24) is 20.6 Å². The Kier molecular flexibility index (Phi) is 4.16. The molecule has 3 rings (SSSR count). The Morgan fingerprint density at radius 2 is 1.91 bits per heavy atom. The quantitative estimate of drug-likeness (QED) is 0.736. The topological polar surface area (TPSA) is 54.5 Å². The van der Waals surface area contributed by atoms with Crippen LogP contribution in [0.4, 0.5) is 13.2 Å². The second-order valence-electron chi connectivity index (χ2n) is 4.91. The first-order valence-electron chi connectivity index (χ1n) is 6.62. The number of hydrogen-bond acceptors (Lipinski definition) is 3. The Bertz CT molecular complexity index is 816. The standard InChI is InChI=1S/C15H10BrF3N4/c16-12-5-4-10(13(8-12)14-20-22-23-21-14)6-9-2-1-3-11(7-9)15(17,18)19/h1-5,7-8H,6H2,(H,20,21,22,23). The summed E-state index contributed by atoms with van der Waals surface area (Å²) in [6.45, 7) is 0. The number of rotatable bonds is 3. The maximum Gasteiger partial charge on any atom is 0.416 e. The van der Waals surface area contributed by atoms with Gasteiger partial charge in [0.1, 0.15) is 0 Å². The van der Waals surface area contributed by atoms with Crippen LogP contribution in [0.2, 0.25) is 0 Å². The summed E-state index contributed by atoms with van der Waals surface area (Å²) in [6.07, 6.45) is -4.02. The molecule has 23 heavy (non-hydrogen) atoms. The molecule has 2 aromatic carbocycles. The molecule has 0 fully saturated rings. The number of alkyl halides is 3. The van der Waals surface area contributed by atoms with Gasteiger partial charge in [-0.15, -0.1) is 10.2 Å². The maximum absolute atomic E-state index is 12.8. The number of aromatic amines is 1. The molecule has 0 unspecified atom stereocenters. The molecule has 0 spiro atoms. The lowest BCUT2D eigenvalue weighted by Crippen LogP contribution is -2.05. The van der Waals surface area contributed by atoms with Gasteiger partial charge in [0.05, 0.1) is 5.56 Å². The van der Waals surface area contributed by atoms with Crippen LogP contribution in [0.1, 0.15) is 16.7 Å². The van der Waals surface area contributed by atoms with Gasteiger partial charge in [0.15, 0.2) is 0 Å². The summed E-state index contributed by atoms with van der Waals surface area (Å²) in [5, 5.41) is 13.8. The number of nitrogens with one attached hydrogen (secondary N) is 1. The molecule has 0 aliphatic rings. The average Bonchev–Trinajstić information content (AvgIpc) is 3.03. The van der Waals surface area contributed by atoms with Crippen LogP contribution in [0.15, 0.2) is 46.9 Å². The zero-order valence-electron chi connectivity index (χ0n) is 11.6. The molecule has 118 valence electrons. The van der Waals surface area contributed by atoms with E-state index in [-0.39, 0.29) is 0 Å². The summed E-state index contributed by atoms with van der Waals surface area (Å²) >= 11 is 3.37. The molecule has 0 radical (unpaired) electrons. The van der Waals surface area contributed by atoms with E-state index < -0.39 is 11.7 Å². The van der Waals surface area contributed by atoms with E-state index in [0.29, 0.717) is 23.4 Å². The Morgan fingerprint density at radius 3 is 2.61 bits per heavy atom. The minimum atomic E-state index is -4.35.